The van der Waals surface area contributed by atoms with E-state index in [-0.39, 0.29) is 18.1 Å². The van der Waals surface area contributed by atoms with Gasteiger partial charge in [0.25, 0.3) is 5.91 Å². The van der Waals surface area contributed by atoms with Crippen LogP contribution in [0.1, 0.15) is 43.1 Å². The van der Waals surface area contributed by atoms with E-state index in [2.05, 4.69) is 4.98 Å². The van der Waals surface area contributed by atoms with Crippen LogP contribution >= 0.6 is 0 Å². The Bertz CT molecular complexity index is 414. The number of aromatic nitrogens is 2. The summed E-state index contributed by atoms with van der Waals surface area (Å²) in [4.78, 5) is 18.4. The number of carbonyl (C=O) groups excluding carboxylic acids is 1. The highest BCUT2D eigenvalue weighted by Gasteiger charge is 2.29. The van der Waals surface area contributed by atoms with Crippen molar-refractivity contribution in [3.63, 3.8) is 0 Å². The van der Waals surface area contributed by atoms with Gasteiger partial charge in [-0.2, -0.15) is 0 Å². The highest BCUT2D eigenvalue weighted by Crippen LogP contribution is 2.22. The molecule has 1 aromatic rings. The van der Waals surface area contributed by atoms with Crippen LogP contribution in [0.4, 0.5) is 0 Å². The maximum absolute atomic E-state index is 12.4. The Morgan fingerprint density at radius 1 is 1.61 bits per heavy atom. The van der Waals surface area contributed by atoms with Crippen LogP contribution in [0.2, 0.25) is 0 Å². The number of amides is 1. The van der Waals surface area contributed by atoms with Crippen LogP contribution in [0.5, 0.6) is 0 Å². The van der Waals surface area contributed by atoms with Crippen LogP contribution in [0.15, 0.2) is 12.5 Å². The van der Waals surface area contributed by atoms with E-state index in [9.17, 15) is 9.90 Å². The first-order valence-electron chi connectivity index (χ1n) is 6.55. The third kappa shape index (κ3) is 2.90. The molecule has 0 aliphatic carbocycles. The topological polar surface area (TPSA) is 58.4 Å². The van der Waals surface area contributed by atoms with Gasteiger partial charge in [0.05, 0.1) is 12.4 Å². The van der Waals surface area contributed by atoms with Crippen LogP contribution in [0, 0.1) is 0 Å². The lowest BCUT2D eigenvalue weighted by molar-refractivity contribution is 0.0510. The molecular formula is C13H21N3O2. The van der Waals surface area contributed by atoms with E-state index in [0.29, 0.717) is 12.1 Å². The number of piperidine rings is 1. The predicted molar refractivity (Wildman–Crippen MR) is 68.2 cm³/mol. The number of hydrogen-bond acceptors (Lipinski definition) is 3. The molecule has 1 aliphatic heterocycles. The lowest BCUT2D eigenvalue weighted by atomic mass is 9.97. The molecule has 1 aromatic heterocycles. The lowest BCUT2D eigenvalue weighted by Gasteiger charge is -2.36. The summed E-state index contributed by atoms with van der Waals surface area (Å²) >= 11 is 0. The molecule has 1 fully saturated rings. The molecule has 1 aliphatic rings. The summed E-state index contributed by atoms with van der Waals surface area (Å²) in [5, 5.41) is 9.52. The Morgan fingerprint density at radius 3 is 3.00 bits per heavy atom. The smallest absolute Gasteiger partial charge is 0.274 e. The molecule has 2 heterocycles. The fourth-order valence-corrected chi connectivity index (χ4v) is 2.58. The maximum atomic E-state index is 12.4. The number of aliphatic hydroxyl groups excluding tert-OH is 1. The van der Waals surface area contributed by atoms with E-state index >= 15 is 0 Å². The number of carbonyl (C=O) groups is 1. The second kappa shape index (κ2) is 5.52. The van der Waals surface area contributed by atoms with Gasteiger partial charge >= 0.3 is 0 Å². The number of aryl methyl sites for hydroxylation is 1. The Hall–Kier alpha value is -1.36. The van der Waals surface area contributed by atoms with Gasteiger partial charge < -0.3 is 14.6 Å². The summed E-state index contributed by atoms with van der Waals surface area (Å²) in [5.74, 6) is -0.0130. The normalized spacial score (nSPS) is 21.9. The summed E-state index contributed by atoms with van der Waals surface area (Å²) in [5.41, 5.74) is 0.495. The summed E-state index contributed by atoms with van der Waals surface area (Å²) in [7, 11) is 1.85. The number of aliphatic hydroxyl groups is 1. The van der Waals surface area contributed by atoms with Gasteiger partial charge in [-0.05, 0) is 32.6 Å². The minimum Gasteiger partial charge on any atom is -0.393 e. The van der Waals surface area contributed by atoms with E-state index in [1.54, 1.807) is 24.0 Å². The third-order valence-electron chi connectivity index (χ3n) is 3.43. The van der Waals surface area contributed by atoms with Crippen LogP contribution in [0.3, 0.4) is 0 Å². The van der Waals surface area contributed by atoms with Crippen LogP contribution in [-0.2, 0) is 7.05 Å². The van der Waals surface area contributed by atoms with Gasteiger partial charge in [0.15, 0.2) is 0 Å². The lowest BCUT2D eigenvalue weighted by Crippen LogP contribution is -2.45. The zero-order valence-electron chi connectivity index (χ0n) is 11.0. The molecule has 1 saturated heterocycles. The predicted octanol–water partition coefficient (Wildman–Crippen LogP) is 1.19. The summed E-state index contributed by atoms with van der Waals surface area (Å²) < 4.78 is 1.78. The number of likely N-dealkylation sites (tertiary alicyclic amines) is 1. The van der Waals surface area contributed by atoms with Crippen molar-refractivity contribution in [3.05, 3.63) is 18.2 Å². The quantitative estimate of drug-likeness (QED) is 0.877. The molecule has 5 heteroatoms. The van der Waals surface area contributed by atoms with Crippen molar-refractivity contribution in [3.8, 4) is 0 Å². The molecule has 5 nitrogen and oxygen atoms in total. The fourth-order valence-electron chi connectivity index (χ4n) is 2.58. The molecule has 0 bridgehead atoms. The van der Waals surface area contributed by atoms with Gasteiger partial charge in [0.2, 0.25) is 0 Å². The van der Waals surface area contributed by atoms with Crippen molar-refractivity contribution < 1.29 is 9.90 Å². The van der Waals surface area contributed by atoms with Crippen LogP contribution < -0.4 is 0 Å². The van der Waals surface area contributed by atoms with Gasteiger partial charge in [-0.25, -0.2) is 4.98 Å². The van der Waals surface area contributed by atoms with Crippen molar-refractivity contribution >= 4 is 5.91 Å². The molecule has 2 unspecified atom stereocenters. The van der Waals surface area contributed by atoms with Crippen LogP contribution in [-0.4, -0.2) is 44.2 Å². The molecule has 2 rings (SSSR count). The summed E-state index contributed by atoms with van der Waals surface area (Å²) in [6.45, 7) is 2.55. The average molecular weight is 251 g/mol. The Morgan fingerprint density at radius 2 is 2.39 bits per heavy atom. The van der Waals surface area contributed by atoms with Crippen molar-refractivity contribution in [1.82, 2.24) is 14.5 Å². The molecule has 0 spiro atoms. The third-order valence-corrected chi connectivity index (χ3v) is 3.43. The molecule has 0 radical (unpaired) electrons. The van der Waals surface area contributed by atoms with E-state index < -0.39 is 0 Å². The van der Waals surface area contributed by atoms with Gasteiger partial charge in [-0.3, -0.25) is 4.79 Å². The van der Waals surface area contributed by atoms with Crippen molar-refractivity contribution in [2.45, 2.75) is 44.8 Å². The highest BCUT2D eigenvalue weighted by molar-refractivity contribution is 5.92. The van der Waals surface area contributed by atoms with Gasteiger partial charge in [0.1, 0.15) is 5.69 Å². The molecule has 2 atom stereocenters. The van der Waals surface area contributed by atoms with Gasteiger partial charge in [0, 0.05) is 25.8 Å². The second-order valence-corrected chi connectivity index (χ2v) is 5.16. The highest BCUT2D eigenvalue weighted by atomic mass is 16.3. The largest absolute Gasteiger partial charge is 0.393 e. The van der Waals surface area contributed by atoms with Crippen molar-refractivity contribution in [2.75, 3.05) is 6.54 Å². The maximum Gasteiger partial charge on any atom is 0.274 e. The van der Waals surface area contributed by atoms with E-state index in [4.69, 9.17) is 0 Å². The molecule has 0 saturated carbocycles. The Kier molecular flexibility index (Phi) is 4.01. The monoisotopic (exact) mass is 251 g/mol. The molecule has 0 aromatic carbocycles. The minimum atomic E-state index is -0.368. The van der Waals surface area contributed by atoms with E-state index in [1.165, 1.54) is 0 Å². The fraction of sp³-hybridized carbons (Fsp3) is 0.692. The van der Waals surface area contributed by atoms with E-state index in [0.717, 1.165) is 25.8 Å². The Labute approximate surface area is 107 Å². The second-order valence-electron chi connectivity index (χ2n) is 5.16. The Balaban J connectivity index is 2.10. The molecule has 100 valence electrons. The molecular weight excluding hydrogens is 230 g/mol. The first kappa shape index (κ1) is 13.1. The van der Waals surface area contributed by atoms with Crippen molar-refractivity contribution in [1.29, 1.82) is 0 Å². The van der Waals surface area contributed by atoms with Gasteiger partial charge in [-0.15, -0.1) is 0 Å². The summed E-state index contributed by atoms with van der Waals surface area (Å²) in [6.07, 6.45) is 6.81. The molecule has 1 amide bonds. The minimum absolute atomic E-state index is 0.0130. The number of imidazole rings is 1. The van der Waals surface area contributed by atoms with Gasteiger partial charge in [-0.1, -0.05) is 0 Å². The van der Waals surface area contributed by atoms with Crippen LogP contribution in [0.25, 0.3) is 0 Å². The van der Waals surface area contributed by atoms with E-state index in [1.807, 2.05) is 11.9 Å². The standard InChI is InChI=1S/C13H21N3O2/c1-10(17)7-11-5-3-4-6-16(11)13(18)12-8-15(2)9-14-12/h8-11,17H,3-7H2,1-2H3. The zero-order chi connectivity index (χ0) is 13.1. The van der Waals surface area contributed by atoms with Crippen molar-refractivity contribution in [2.24, 2.45) is 7.05 Å². The first-order valence-corrected chi connectivity index (χ1v) is 6.55. The first-order chi connectivity index (χ1) is 8.58. The number of hydrogen-bond donors (Lipinski definition) is 1. The summed E-state index contributed by atoms with van der Waals surface area (Å²) in [6, 6.07) is 0.147. The average Bonchev–Trinajstić information content (AvgIpc) is 2.75. The SMILES string of the molecule is CC(O)CC1CCCCN1C(=O)c1cn(C)cn1. The number of rotatable bonds is 3. The zero-order valence-corrected chi connectivity index (χ0v) is 11.0. The molecule has 1 N–H and O–H groups in total. The number of nitrogens with zero attached hydrogens (tertiary/aromatic N) is 3. The molecule has 18 heavy (non-hydrogen) atoms.